The molecule has 1 aromatic carbocycles. The van der Waals surface area contributed by atoms with Crippen LogP contribution in [-0.4, -0.2) is 9.97 Å². The minimum Gasteiger partial charge on any atom is -0.255 e. The number of rotatable bonds is 2. The molecule has 0 amide bonds. The summed E-state index contributed by atoms with van der Waals surface area (Å²) in [5, 5.41) is 1.14. The van der Waals surface area contributed by atoms with Gasteiger partial charge >= 0.3 is 0 Å². The first-order valence-electron chi connectivity index (χ1n) is 11.5. The van der Waals surface area contributed by atoms with Crippen LogP contribution in [0.1, 0.15) is 12.5 Å². The van der Waals surface area contributed by atoms with Crippen molar-refractivity contribution in [1.29, 1.82) is 0 Å². The van der Waals surface area contributed by atoms with Crippen LogP contribution in [0.15, 0.2) is 131 Å². The van der Waals surface area contributed by atoms with Crippen molar-refractivity contribution in [3.63, 3.8) is 0 Å². The van der Waals surface area contributed by atoms with Crippen molar-refractivity contribution in [2.75, 3.05) is 0 Å². The van der Waals surface area contributed by atoms with Gasteiger partial charge in [0.05, 0.1) is 16.9 Å². The summed E-state index contributed by atoms with van der Waals surface area (Å²) in [6, 6.07) is 16.8. The minimum absolute atomic E-state index is 0.383. The molecule has 2 heteroatoms. The maximum Gasteiger partial charge on any atom is 0.0893 e. The van der Waals surface area contributed by atoms with Gasteiger partial charge in [-0.25, -0.2) is 4.98 Å². The predicted molar refractivity (Wildman–Crippen MR) is 135 cm³/mol. The van der Waals surface area contributed by atoms with Crippen molar-refractivity contribution in [3.05, 3.63) is 137 Å². The fourth-order valence-corrected chi connectivity index (χ4v) is 5.64. The molecule has 0 radical (unpaired) electrons. The van der Waals surface area contributed by atoms with E-state index in [1.54, 1.807) is 0 Å². The second-order valence-electron chi connectivity index (χ2n) is 9.11. The van der Waals surface area contributed by atoms with Gasteiger partial charge in [0, 0.05) is 23.4 Å². The summed E-state index contributed by atoms with van der Waals surface area (Å²) in [7, 11) is 0. The SMILES string of the molecule is CC1=C2C=CC3=CC=C(c4ccc5ccc(-c6ccccn6)nc5c4)C4=CC=C(C=C1)C2C34. The van der Waals surface area contributed by atoms with Crippen LogP contribution in [0, 0.1) is 11.8 Å². The van der Waals surface area contributed by atoms with Crippen LogP contribution in [0.5, 0.6) is 0 Å². The number of hydrogen-bond donors (Lipinski definition) is 0. The summed E-state index contributed by atoms with van der Waals surface area (Å²) in [6.07, 6.45) is 20.2. The molecule has 0 saturated heterocycles. The maximum absolute atomic E-state index is 4.95. The third-order valence-corrected chi connectivity index (χ3v) is 7.30. The van der Waals surface area contributed by atoms with Gasteiger partial charge in [-0.1, -0.05) is 72.9 Å². The number of pyridine rings is 2. The normalized spacial score (nSPS) is 22.5. The molecule has 0 aliphatic heterocycles. The lowest BCUT2D eigenvalue weighted by atomic mass is 9.62. The topological polar surface area (TPSA) is 25.8 Å². The highest BCUT2D eigenvalue weighted by atomic mass is 14.8. The Morgan fingerprint density at radius 1 is 0.727 bits per heavy atom. The fraction of sp³-hybridized carbons (Fsp3) is 0.0968. The van der Waals surface area contributed by atoms with Crippen LogP contribution in [0.3, 0.4) is 0 Å². The van der Waals surface area contributed by atoms with E-state index in [4.69, 9.17) is 4.98 Å². The third-order valence-electron chi connectivity index (χ3n) is 7.30. The number of fused-ring (bicyclic) bond motifs is 1. The molecule has 2 aromatic heterocycles. The van der Waals surface area contributed by atoms with Gasteiger partial charge in [0.1, 0.15) is 0 Å². The van der Waals surface area contributed by atoms with Crippen LogP contribution in [-0.2, 0) is 0 Å². The molecule has 7 rings (SSSR count). The summed E-state index contributed by atoms with van der Waals surface area (Å²) >= 11 is 0. The summed E-state index contributed by atoms with van der Waals surface area (Å²) in [5.74, 6) is 0.803. The molecular formula is C31H22N2. The lowest BCUT2D eigenvalue weighted by molar-refractivity contribution is 0.563. The van der Waals surface area contributed by atoms with E-state index in [9.17, 15) is 0 Å². The molecule has 0 bridgehead atoms. The van der Waals surface area contributed by atoms with Crippen LogP contribution in [0.2, 0.25) is 0 Å². The highest BCUT2D eigenvalue weighted by molar-refractivity contribution is 5.91. The van der Waals surface area contributed by atoms with Crippen molar-refractivity contribution in [3.8, 4) is 11.4 Å². The van der Waals surface area contributed by atoms with E-state index in [2.05, 4.69) is 90.8 Å². The molecule has 33 heavy (non-hydrogen) atoms. The lowest BCUT2D eigenvalue weighted by Crippen LogP contribution is -2.30. The molecule has 2 unspecified atom stereocenters. The Kier molecular flexibility index (Phi) is 3.92. The van der Waals surface area contributed by atoms with Crippen LogP contribution < -0.4 is 0 Å². The Bertz CT molecular complexity index is 1550. The first-order valence-corrected chi connectivity index (χ1v) is 11.5. The van der Waals surface area contributed by atoms with Crippen LogP contribution in [0.4, 0.5) is 0 Å². The van der Waals surface area contributed by atoms with Crippen LogP contribution >= 0.6 is 0 Å². The molecule has 2 atom stereocenters. The Hall–Kier alpha value is -4.04. The molecule has 156 valence electrons. The maximum atomic E-state index is 4.95. The molecular weight excluding hydrogens is 400 g/mol. The summed E-state index contributed by atoms with van der Waals surface area (Å²) < 4.78 is 0. The second kappa shape index (κ2) is 6.98. The van der Waals surface area contributed by atoms with E-state index in [0.717, 1.165) is 22.3 Å². The molecule has 0 fully saturated rings. The second-order valence-corrected chi connectivity index (χ2v) is 9.11. The molecule has 0 N–H and O–H groups in total. The van der Waals surface area contributed by atoms with Gasteiger partial charge in [-0.05, 0) is 70.2 Å². The zero-order valence-corrected chi connectivity index (χ0v) is 18.4. The number of aromatic nitrogens is 2. The third kappa shape index (κ3) is 2.81. The highest BCUT2D eigenvalue weighted by Crippen LogP contribution is 2.52. The van der Waals surface area contributed by atoms with Gasteiger partial charge in [-0.3, -0.25) is 4.98 Å². The highest BCUT2D eigenvalue weighted by Gasteiger charge is 2.39. The van der Waals surface area contributed by atoms with Crippen molar-refractivity contribution in [2.24, 2.45) is 11.8 Å². The van der Waals surface area contributed by atoms with Gasteiger partial charge in [0.25, 0.3) is 0 Å². The first-order chi connectivity index (χ1) is 16.3. The van der Waals surface area contributed by atoms with Gasteiger partial charge in [0.15, 0.2) is 0 Å². The minimum atomic E-state index is 0.383. The van der Waals surface area contributed by atoms with E-state index < -0.39 is 0 Å². The Morgan fingerprint density at radius 3 is 2.48 bits per heavy atom. The lowest BCUT2D eigenvalue weighted by Gasteiger charge is -2.42. The van der Waals surface area contributed by atoms with Gasteiger partial charge < -0.3 is 0 Å². The number of hydrogen-bond acceptors (Lipinski definition) is 2. The average Bonchev–Trinajstić information content (AvgIpc) is 2.88. The Labute approximate surface area is 193 Å². The largest absolute Gasteiger partial charge is 0.255 e. The van der Waals surface area contributed by atoms with Crippen molar-refractivity contribution in [1.82, 2.24) is 9.97 Å². The van der Waals surface area contributed by atoms with E-state index >= 15 is 0 Å². The molecule has 2 heterocycles. The Balaban J connectivity index is 1.36. The van der Waals surface area contributed by atoms with Gasteiger partial charge in [0.2, 0.25) is 0 Å². The van der Waals surface area contributed by atoms with Crippen molar-refractivity contribution in [2.45, 2.75) is 6.92 Å². The smallest absolute Gasteiger partial charge is 0.0893 e. The molecule has 4 aliphatic carbocycles. The number of benzene rings is 1. The summed E-state index contributed by atoms with van der Waals surface area (Å²) in [4.78, 5) is 9.43. The summed E-state index contributed by atoms with van der Waals surface area (Å²) in [5.41, 5.74) is 12.4. The van der Waals surface area contributed by atoms with E-state index in [1.165, 1.54) is 39.0 Å². The van der Waals surface area contributed by atoms with Crippen molar-refractivity contribution < 1.29 is 0 Å². The van der Waals surface area contributed by atoms with E-state index in [1.807, 2.05) is 24.4 Å². The Morgan fingerprint density at radius 2 is 1.58 bits per heavy atom. The fourth-order valence-electron chi connectivity index (χ4n) is 5.64. The number of allylic oxidation sites excluding steroid dienone is 14. The average molecular weight is 423 g/mol. The summed E-state index contributed by atoms with van der Waals surface area (Å²) in [6.45, 7) is 2.23. The predicted octanol–water partition coefficient (Wildman–Crippen LogP) is 7.18. The molecule has 2 nitrogen and oxygen atoms in total. The van der Waals surface area contributed by atoms with Crippen LogP contribution in [0.25, 0.3) is 27.9 Å². The number of nitrogens with zero attached hydrogens (tertiary/aromatic N) is 2. The van der Waals surface area contributed by atoms with E-state index in [0.29, 0.717) is 11.8 Å². The van der Waals surface area contributed by atoms with Gasteiger partial charge in [-0.2, -0.15) is 0 Å². The molecule has 0 spiro atoms. The zero-order chi connectivity index (χ0) is 21.9. The quantitative estimate of drug-likeness (QED) is 0.437. The van der Waals surface area contributed by atoms with Gasteiger partial charge in [-0.15, -0.1) is 0 Å². The molecule has 3 aromatic rings. The molecule has 4 aliphatic rings. The standard InChI is InChI=1S/C31H22N2/c1-19-5-6-21-11-15-26-25(14-10-22-9-13-24(19)30(21)31(22)26)23-8-7-20-12-16-28(33-29(20)18-23)27-4-2-3-17-32-27/h2-18,30-31H,1H3. The van der Waals surface area contributed by atoms with Crippen molar-refractivity contribution >= 4 is 16.5 Å². The zero-order valence-electron chi connectivity index (χ0n) is 18.4. The molecule has 0 saturated carbocycles. The van der Waals surface area contributed by atoms with E-state index in [-0.39, 0.29) is 0 Å². The first kappa shape index (κ1) is 18.5. The monoisotopic (exact) mass is 422 g/mol.